The summed E-state index contributed by atoms with van der Waals surface area (Å²) in [6, 6.07) is 1.77. The van der Waals surface area contributed by atoms with Crippen LogP contribution in [0.3, 0.4) is 0 Å². The third kappa shape index (κ3) is 1.44. The minimum atomic E-state index is -0.298. The number of imide groups is 1. The second kappa shape index (κ2) is 3.31. The third-order valence-corrected chi connectivity index (χ3v) is 2.35. The molecule has 2 rings (SSSR count). The zero-order valence-electron chi connectivity index (χ0n) is 8.52. The van der Waals surface area contributed by atoms with Crippen molar-refractivity contribution in [1.29, 1.82) is 0 Å². The number of pyridine rings is 1. The first-order valence-corrected chi connectivity index (χ1v) is 4.58. The average Bonchev–Trinajstić information content (AvgIpc) is 2.43. The highest BCUT2D eigenvalue weighted by molar-refractivity contribution is 6.30. The lowest BCUT2D eigenvalue weighted by Crippen LogP contribution is -2.31. The predicted molar refractivity (Wildman–Crippen MR) is 55.2 cm³/mol. The summed E-state index contributed by atoms with van der Waals surface area (Å²) in [5.74, 6) is -0.565. The first kappa shape index (κ1) is 9.58. The number of carbonyl (C=O) groups is 2. The topological polar surface area (TPSA) is 50.3 Å². The molecule has 0 N–H and O–H groups in total. The van der Waals surface area contributed by atoms with Crippen molar-refractivity contribution >= 4 is 17.5 Å². The summed E-state index contributed by atoms with van der Waals surface area (Å²) in [4.78, 5) is 28.3. The zero-order chi connectivity index (χ0) is 11.0. The molecule has 0 bridgehead atoms. The molecule has 0 aromatic carbocycles. The minimum absolute atomic E-state index is 0.267. The van der Waals surface area contributed by atoms with Crippen molar-refractivity contribution in [2.75, 3.05) is 4.90 Å². The largest absolute Gasteiger partial charge is 0.269 e. The van der Waals surface area contributed by atoms with Gasteiger partial charge in [0.25, 0.3) is 11.8 Å². The number of aromatic nitrogens is 1. The van der Waals surface area contributed by atoms with Gasteiger partial charge in [-0.25, -0.2) is 4.90 Å². The Morgan fingerprint density at radius 3 is 2.53 bits per heavy atom. The van der Waals surface area contributed by atoms with Crippen LogP contribution in [-0.2, 0) is 9.59 Å². The van der Waals surface area contributed by atoms with Crippen molar-refractivity contribution in [3.05, 3.63) is 35.7 Å². The Morgan fingerprint density at radius 2 is 2.00 bits per heavy atom. The average molecular weight is 202 g/mol. The van der Waals surface area contributed by atoms with Crippen molar-refractivity contribution in [3.63, 3.8) is 0 Å². The molecule has 0 atom stereocenters. The Labute approximate surface area is 87.2 Å². The number of anilines is 1. The van der Waals surface area contributed by atoms with Crippen LogP contribution in [-0.4, -0.2) is 16.8 Å². The SMILES string of the molecule is CC1=CC(=O)N(c2cnccc2C)C1=O. The number of aryl methyl sites for hydroxylation is 1. The summed E-state index contributed by atoms with van der Waals surface area (Å²) in [6.45, 7) is 3.47. The number of nitrogens with zero attached hydrogens (tertiary/aromatic N) is 2. The van der Waals surface area contributed by atoms with Gasteiger partial charge in [0.15, 0.2) is 0 Å². The molecule has 0 radical (unpaired) electrons. The smallest absolute Gasteiger partial charge is 0.261 e. The summed E-state index contributed by atoms with van der Waals surface area (Å²) < 4.78 is 0. The molecule has 4 heteroatoms. The van der Waals surface area contributed by atoms with Gasteiger partial charge in [0.2, 0.25) is 0 Å². The fourth-order valence-electron chi connectivity index (χ4n) is 1.51. The molecule has 2 heterocycles. The third-order valence-electron chi connectivity index (χ3n) is 2.35. The van der Waals surface area contributed by atoms with E-state index in [-0.39, 0.29) is 11.8 Å². The molecule has 1 aromatic rings. The van der Waals surface area contributed by atoms with Gasteiger partial charge < -0.3 is 0 Å². The van der Waals surface area contributed by atoms with E-state index in [2.05, 4.69) is 4.98 Å². The van der Waals surface area contributed by atoms with E-state index in [1.807, 2.05) is 6.92 Å². The molecule has 0 unspecified atom stereocenters. The van der Waals surface area contributed by atoms with Crippen LogP contribution >= 0.6 is 0 Å². The molecule has 1 aliphatic heterocycles. The lowest BCUT2D eigenvalue weighted by Gasteiger charge is -2.15. The van der Waals surface area contributed by atoms with Crippen molar-refractivity contribution in [2.45, 2.75) is 13.8 Å². The molecule has 0 fully saturated rings. The molecule has 0 spiro atoms. The maximum absolute atomic E-state index is 11.7. The van der Waals surface area contributed by atoms with E-state index in [1.54, 1.807) is 19.2 Å². The van der Waals surface area contributed by atoms with Crippen LogP contribution in [0.1, 0.15) is 12.5 Å². The van der Waals surface area contributed by atoms with Crippen molar-refractivity contribution in [2.24, 2.45) is 0 Å². The molecule has 0 saturated heterocycles. The number of hydrogen-bond acceptors (Lipinski definition) is 3. The highest BCUT2D eigenvalue weighted by atomic mass is 16.2. The van der Waals surface area contributed by atoms with Crippen molar-refractivity contribution in [1.82, 2.24) is 4.98 Å². The number of rotatable bonds is 1. The van der Waals surface area contributed by atoms with Gasteiger partial charge in [-0.15, -0.1) is 0 Å². The molecular weight excluding hydrogens is 192 g/mol. The normalized spacial score (nSPS) is 15.9. The summed E-state index contributed by atoms with van der Waals surface area (Å²) in [5.41, 5.74) is 1.87. The van der Waals surface area contributed by atoms with Crippen LogP contribution in [0.5, 0.6) is 0 Å². The van der Waals surface area contributed by atoms with Crippen LogP contribution in [0.15, 0.2) is 30.1 Å². The quantitative estimate of drug-likeness (QED) is 0.643. The maximum atomic E-state index is 11.7. The summed E-state index contributed by atoms with van der Waals surface area (Å²) in [5, 5.41) is 0. The molecule has 4 nitrogen and oxygen atoms in total. The predicted octanol–water partition coefficient (Wildman–Crippen LogP) is 1.21. The van der Waals surface area contributed by atoms with Gasteiger partial charge in [-0.1, -0.05) is 0 Å². The van der Waals surface area contributed by atoms with Gasteiger partial charge in [-0.3, -0.25) is 14.6 Å². The summed E-state index contributed by atoms with van der Waals surface area (Å²) in [6.07, 6.45) is 4.50. The fraction of sp³-hybridized carbons (Fsp3) is 0.182. The van der Waals surface area contributed by atoms with Gasteiger partial charge in [-0.2, -0.15) is 0 Å². The minimum Gasteiger partial charge on any atom is -0.269 e. The lowest BCUT2D eigenvalue weighted by molar-refractivity contribution is -0.120. The molecule has 2 amide bonds. The van der Waals surface area contributed by atoms with Gasteiger partial charge in [0, 0.05) is 17.8 Å². The summed E-state index contributed by atoms with van der Waals surface area (Å²) in [7, 11) is 0. The van der Waals surface area contributed by atoms with E-state index >= 15 is 0 Å². The highest BCUT2D eigenvalue weighted by Gasteiger charge is 2.30. The second-order valence-corrected chi connectivity index (χ2v) is 3.47. The Bertz CT molecular complexity index is 477. The van der Waals surface area contributed by atoms with Gasteiger partial charge in [-0.05, 0) is 25.5 Å². The molecule has 1 aromatic heterocycles. The van der Waals surface area contributed by atoms with E-state index in [0.29, 0.717) is 11.3 Å². The van der Waals surface area contributed by atoms with Crippen LogP contribution in [0.25, 0.3) is 0 Å². The standard InChI is InChI=1S/C11H10N2O2/c1-7-3-4-12-6-9(7)13-10(14)5-8(2)11(13)15/h3-6H,1-2H3. The molecule has 15 heavy (non-hydrogen) atoms. The number of carbonyl (C=O) groups excluding carboxylic acids is 2. The van der Waals surface area contributed by atoms with Gasteiger partial charge in [0.05, 0.1) is 11.9 Å². The molecule has 76 valence electrons. The highest BCUT2D eigenvalue weighted by Crippen LogP contribution is 2.24. The Balaban J connectivity index is 2.47. The lowest BCUT2D eigenvalue weighted by atomic mass is 10.2. The Hall–Kier alpha value is -1.97. The van der Waals surface area contributed by atoms with Crippen LogP contribution < -0.4 is 4.90 Å². The zero-order valence-corrected chi connectivity index (χ0v) is 8.52. The first-order valence-electron chi connectivity index (χ1n) is 4.58. The molecule has 1 aliphatic rings. The number of hydrogen-bond donors (Lipinski definition) is 0. The van der Waals surface area contributed by atoms with E-state index < -0.39 is 0 Å². The molecular formula is C11H10N2O2. The fourth-order valence-corrected chi connectivity index (χ4v) is 1.51. The Kier molecular flexibility index (Phi) is 2.11. The van der Waals surface area contributed by atoms with Crippen LogP contribution in [0.2, 0.25) is 0 Å². The van der Waals surface area contributed by atoms with Gasteiger partial charge >= 0.3 is 0 Å². The van der Waals surface area contributed by atoms with Crippen LogP contribution in [0, 0.1) is 6.92 Å². The molecule has 0 saturated carbocycles. The number of amides is 2. The summed E-state index contributed by atoms with van der Waals surface area (Å²) >= 11 is 0. The van der Waals surface area contributed by atoms with Crippen molar-refractivity contribution in [3.8, 4) is 0 Å². The van der Waals surface area contributed by atoms with Crippen LogP contribution in [0.4, 0.5) is 5.69 Å². The van der Waals surface area contributed by atoms with Crippen molar-refractivity contribution < 1.29 is 9.59 Å². The monoisotopic (exact) mass is 202 g/mol. The first-order chi connectivity index (χ1) is 7.11. The second-order valence-electron chi connectivity index (χ2n) is 3.47. The van der Waals surface area contributed by atoms with E-state index in [1.165, 1.54) is 12.3 Å². The molecule has 0 aliphatic carbocycles. The van der Waals surface area contributed by atoms with Gasteiger partial charge in [0.1, 0.15) is 0 Å². The maximum Gasteiger partial charge on any atom is 0.261 e. The van der Waals surface area contributed by atoms with E-state index in [4.69, 9.17) is 0 Å². The van der Waals surface area contributed by atoms with E-state index in [0.717, 1.165) is 10.5 Å². The van der Waals surface area contributed by atoms with E-state index in [9.17, 15) is 9.59 Å². The Morgan fingerprint density at radius 1 is 1.27 bits per heavy atom.